The number of carboxylic acid groups (broad SMARTS) is 1. The van der Waals surface area contributed by atoms with Crippen LogP contribution in [0.1, 0.15) is 31.7 Å². The molecule has 5 nitrogen and oxygen atoms in total. The average molecular weight is 298 g/mol. The van der Waals surface area contributed by atoms with Gasteiger partial charge in [-0.2, -0.15) is 0 Å². The van der Waals surface area contributed by atoms with E-state index in [0.717, 1.165) is 4.88 Å². The van der Waals surface area contributed by atoms with E-state index >= 15 is 0 Å². The molecule has 1 atom stereocenters. The molecule has 1 heterocycles. The second-order valence-corrected chi connectivity index (χ2v) is 6.23. The van der Waals surface area contributed by atoms with E-state index in [1.165, 1.54) is 4.90 Å². The third-order valence-corrected chi connectivity index (χ3v) is 4.06. The molecule has 0 saturated heterocycles. The van der Waals surface area contributed by atoms with Gasteiger partial charge in [-0.3, -0.25) is 4.79 Å². The summed E-state index contributed by atoms with van der Waals surface area (Å²) in [6, 6.07) is 3.61. The van der Waals surface area contributed by atoms with Crippen LogP contribution in [-0.2, 0) is 4.79 Å². The van der Waals surface area contributed by atoms with E-state index in [0.29, 0.717) is 6.54 Å². The Hall–Kier alpha value is -1.56. The van der Waals surface area contributed by atoms with Gasteiger partial charge in [-0.25, -0.2) is 4.79 Å². The number of urea groups is 1. The first-order chi connectivity index (χ1) is 9.32. The van der Waals surface area contributed by atoms with Crippen molar-refractivity contribution in [1.29, 1.82) is 0 Å². The summed E-state index contributed by atoms with van der Waals surface area (Å²) in [5, 5.41) is 10.9. The van der Waals surface area contributed by atoms with E-state index in [9.17, 15) is 9.59 Å². The summed E-state index contributed by atoms with van der Waals surface area (Å²) in [5.74, 6) is -0.764. The maximum atomic E-state index is 12.4. The number of hydrogen-bond donors (Lipinski definition) is 1. The zero-order valence-electron chi connectivity index (χ0n) is 12.4. The summed E-state index contributed by atoms with van der Waals surface area (Å²) < 4.78 is 0. The molecule has 0 aromatic carbocycles. The van der Waals surface area contributed by atoms with Gasteiger partial charge in [0.15, 0.2) is 0 Å². The molecule has 0 spiro atoms. The molecule has 0 saturated carbocycles. The van der Waals surface area contributed by atoms with E-state index in [4.69, 9.17) is 5.11 Å². The second kappa shape index (κ2) is 7.28. The fourth-order valence-corrected chi connectivity index (χ4v) is 2.75. The highest BCUT2D eigenvalue weighted by Crippen LogP contribution is 2.24. The maximum absolute atomic E-state index is 12.4. The quantitative estimate of drug-likeness (QED) is 0.878. The Balaban J connectivity index is 2.79. The van der Waals surface area contributed by atoms with E-state index < -0.39 is 5.97 Å². The molecular formula is C14H22N2O3S. The van der Waals surface area contributed by atoms with Crippen LogP contribution in [0.5, 0.6) is 0 Å². The third kappa shape index (κ3) is 4.52. The Morgan fingerprint density at radius 2 is 2.00 bits per heavy atom. The fraction of sp³-hybridized carbons (Fsp3) is 0.571. The molecule has 6 heteroatoms. The number of carbonyl (C=O) groups excluding carboxylic acids is 1. The molecule has 112 valence electrons. The van der Waals surface area contributed by atoms with E-state index in [2.05, 4.69) is 0 Å². The minimum Gasteiger partial charge on any atom is -0.480 e. The first-order valence-corrected chi connectivity index (χ1v) is 7.47. The van der Waals surface area contributed by atoms with Gasteiger partial charge in [-0.15, -0.1) is 11.3 Å². The zero-order chi connectivity index (χ0) is 15.3. The Kier molecular flexibility index (Phi) is 6.01. The van der Waals surface area contributed by atoms with Gasteiger partial charge >= 0.3 is 12.0 Å². The fourth-order valence-electron chi connectivity index (χ4n) is 1.92. The van der Waals surface area contributed by atoms with Gasteiger partial charge in [-0.1, -0.05) is 19.9 Å². The zero-order valence-corrected chi connectivity index (χ0v) is 13.2. The van der Waals surface area contributed by atoms with Crippen LogP contribution in [0.3, 0.4) is 0 Å². The Labute approximate surface area is 123 Å². The molecule has 1 aromatic heterocycles. The van der Waals surface area contributed by atoms with Crippen LogP contribution in [-0.4, -0.2) is 47.0 Å². The smallest absolute Gasteiger partial charge is 0.323 e. The lowest BCUT2D eigenvalue weighted by Crippen LogP contribution is -2.45. The molecule has 2 amide bonds. The van der Waals surface area contributed by atoms with E-state index in [1.807, 2.05) is 38.3 Å². The third-order valence-electron chi connectivity index (χ3n) is 3.02. The van der Waals surface area contributed by atoms with Gasteiger partial charge in [0.2, 0.25) is 0 Å². The molecule has 0 aliphatic heterocycles. The van der Waals surface area contributed by atoms with Crippen LogP contribution in [0.2, 0.25) is 0 Å². The molecule has 1 unspecified atom stereocenters. The number of carbonyl (C=O) groups is 2. The number of thiophene rings is 1. The number of rotatable bonds is 6. The van der Waals surface area contributed by atoms with Crippen LogP contribution < -0.4 is 0 Å². The summed E-state index contributed by atoms with van der Waals surface area (Å²) >= 11 is 1.59. The van der Waals surface area contributed by atoms with Crippen molar-refractivity contribution in [3.8, 4) is 0 Å². The highest BCUT2D eigenvalue weighted by Gasteiger charge is 2.25. The largest absolute Gasteiger partial charge is 0.480 e. The van der Waals surface area contributed by atoms with Crippen molar-refractivity contribution in [1.82, 2.24) is 9.80 Å². The number of nitrogens with zero attached hydrogens (tertiary/aromatic N) is 2. The first kappa shape index (κ1) is 16.5. The van der Waals surface area contributed by atoms with Gasteiger partial charge in [0.1, 0.15) is 6.54 Å². The van der Waals surface area contributed by atoms with E-state index in [-0.39, 0.29) is 24.5 Å². The monoisotopic (exact) mass is 298 g/mol. The molecule has 1 rings (SSSR count). The van der Waals surface area contributed by atoms with Crippen LogP contribution in [0, 0.1) is 5.92 Å². The van der Waals surface area contributed by atoms with Crippen molar-refractivity contribution in [2.75, 3.05) is 20.1 Å². The van der Waals surface area contributed by atoms with Gasteiger partial charge in [0, 0.05) is 18.5 Å². The number of amides is 2. The number of carboxylic acids is 1. The van der Waals surface area contributed by atoms with Crippen LogP contribution in [0.15, 0.2) is 17.5 Å². The molecule has 0 aliphatic rings. The van der Waals surface area contributed by atoms with Gasteiger partial charge in [0.25, 0.3) is 0 Å². The summed E-state index contributed by atoms with van der Waals surface area (Å²) in [5.41, 5.74) is 0. The van der Waals surface area contributed by atoms with Crippen LogP contribution >= 0.6 is 11.3 Å². The Morgan fingerprint density at radius 1 is 1.35 bits per heavy atom. The van der Waals surface area contributed by atoms with Crippen molar-refractivity contribution in [3.63, 3.8) is 0 Å². The van der Waals surface area contributed by atoms with Crippen molar-refractivity contribution < 1.29 is 14.7 Å². The molecule has 1 aromatic rings. The highest BCUT2D eigenvalue weighted by atomic mass is 32.1. The second-order valence-electron chi connectivity index (χ2n) is 5.25. The average Bonchev–Trinajstić information content (AvgIpc) is 2.88. The van der Waals surface area contributed by atoms with E-state index in [1.54, 1.807) is 23.3 Å². The summed E-state index contributed by atoms with van der Waals surface area (Å²) in [4.78, 5) is 27.4. The van der Waals surface area contributed by atoms with Crippen molar-refractivity contribution in [2.45, 2.75) is 26.8 Å². The SMILES string of the molecule is CC(C)CN(CC(=O)O)C(=O)N(C)C(C)c1cccs1. The van der Waals surface area contributed by atoms with Gasteiger partial charge < -0.3 is 14.9 Å². The minimum atomic E-state index is -0.990. The molecule has 0 aliphatic carbocycles. The van der Waals surface area contributed by atoms with Gasteiger partial charge in [0.05, 0.1) is 6.04 Å². The summed E-state index contributed by atoms with van der Waals surface area (Å²) in [6.45, 7) is 6.04. The molecule has 0 fully saturated rings. The maximum Gasteiger partial charge on any atom is 0.323 e. The lowest BCUT2D eigenvalue weighted by atomic mass is 10.2. The first-order valence-electron chi connectivity index (χ1n) is 6.59. The molecule has 20 heavy (non-hydrogen) atoms. The Bertz CT molecular complexity index is 445. The standard InChI is InChI=1S/C14H22N2O3S/c1-10(2)8-16(9-13(17)18)14(19)15(4)11(3)12-6-5-7-20-12/h5-7,10-11H,8-9H2,1-4H3,(H,17,18). The summed E-state index contributed by atoms with van der Waals surface area (Å²) in [6.07, 6.45) is 0. The van der Waals surface area contributed by atoms with Crippen LogP contribution in [0.4, 0.5) is 4.79 Å². The minimum absolute atomic E-state index is 0.0639. The van der Waals surface area contributed by atoms with Crippen molar-refractivity contribution in [3.05, 3.63) is 22.4 Å². The summed E-state index contributed by atoms with van der Waals surface area (Å²) in [7, 11) is 1.71. The van der Waals surface area contributed by atoms with Gasteiger partial charge in [-0.05, 0) is 24.3 Å². The normalized spacial score (nSPS) is 12.2. The van der Waals surface area contributed by atoms with Crippen molar-refractivity contribution >= 4 is 23.3 Å². The predicted octanol–water partition coefficient (Wildman–Crippen LogP) is 2.90. The number of aliphatic carboxylic acids is 1. The topological polar surface area (TPSA) is 60.9 Å². The van der Waals surface area contributed by atoms with Crippen molar-refractivity contribution in [2.24, 2.45) is 5.92 Å². The molecular weight excluding hydrogens is 276 g/mol. The lowest BCUT2D eigenvalue weighted by molar-refractivity contribution is -0.137. The van der Waals surface area contributed by atoms with Crippen LogP contribution in [0.25, 0.3) is 0 Å². The predicted molar refractivity (Wildman–Crippen MR) is 79.9 cm³/mol. The molecule has 0 radical (unpaired) electrons. The highest BCUT2D eigenvalue weighted by molar-refractivity contribution is 7.10. The molecule has 0 bridgehead atoms. The lowest BCUT2D eigenvalue weighted by Gasteiger charge is -2.31. The molecule has 1 N–H and O–H groups in total. The number of hydrogen-bond acceptors (Lipinski definition) is 3. The Morgan fingerprint density at radius 3 is 2.45 bits per heavy atom.